The lowest BCUT2D eigenvalue weighted by atomic mass is 10.0. The van der Waals surface area contributed by atoms with Crippen LogP contribution in [0.3, 0.4) is 0 Å². The predicted octanol–water partition coefficient (Wildman–Crippen LogP) is 7.31. The Morgan fingerprint density at radius 3 is 2.62 bits per heavy atom. The number of hydrogen-bond donors (Lipinski definition) is 1. The zero-order valence-corrected chi connectivity index (χ0v) is 18.3. The summed E-state index contributed by atoms with van der Waals surface area (Å²) in [5.41, 5.74) is 3.04. The van der Waals surface area contributed by atoms with Gasteiger partial charge in [0.05, 0.1) is 11.3 Å². The van der Waals surface area contributed by atoms with E-state index in [0.717, 1.165) is 27.6 Å². The first kappa shape index (κ1) is 20.0. The Morgan fingerprint density at radius 2 is 1.86 bits per heavy atom. The van der Waals surface area contributed by atoms with Gasteiger partial charge < -0.3 is 5.11 Å². The van der Waals surface area contributed by atoms with E-state index in [9.17, 15) is 9.90 Å². The van der Waals surface area contributed by atoms with Gasteiger partial charge >= 0.3 is 5.97 Å². The summed E-state index contributed by atoms with van der Waals surface area (Å²) in [7, 11) is 0. The highest BCUT2D eigenvalue weighted by molar-refractivity contribution is 9.10. The number of nitrogens with zero attached hydrogens (tertiary/aromatic N) is 1. The first-order chi connectivity index (χ1) is 14.0. The van der Waals surface area contributed by atoms with Crippen LogP contribution in [0.25, 0.3) is 22.0 Å². The minimum atomic E-state index is -0.961. The number of aromatic carboxylic acids is 1. The lowest BCUT2D eigenvalue weighted by molar-refractivity contribution is 0.0692. The number of hydrogen-bond acceptors (Lipinski definition) is 3. The molecule has 4 rings (SSSR count). The fraction of sp³-hybridized carbons (Fsp3) is 0.0435. The second-order valence-electron chi connectivity index (χ2n) is 6.44. The molecular weight excluding hydrogens is 470 g/mol. The third kappa shape index (κ3) is 4.32. The molecule has 0 amide bonds. The van der Waals surface area contributed by atoms with Crippen LogP contribution in [0.1, 0.15) is 15.9 Å². The van der Waals surface area contributed by atoms with Gasteiger partial charge in [0.1, 0.15) is 0 Å². The minimum absolute atomic E-state index is 0.262. The normalized spacial score (nSPS) is 11.0. The molecule has 0 saturated heterocycles. The number of carboxylic acids is 1. The highest BCUT2D eigenvalue weighted by Crippen LogP contribution is 2.37. The number of thioether (sulfide) groups is 1. The molecule has 144 valence electrons. The summed E-state index contributed by atoms with van der Waals surface area (Å²) in [5.74, 6) is -0.285. The number of carboxylic acid groups (broad SMARTS) is 1. The highest BCUT2D eigenvalue weighted by atomic mass is 79.9. The molecule has 0 saturated carbocycles. The van der Waals surface area contributed by atoms with Crippen molar-refractivity contribution in [2.24, 2.45) is 0 Å². The van der Waals surface area contributed by atoms with Crippen LogP contribution in [0.15, 0.2) is 82.3 Å². The van der Waals surface area contributed by atoms with Crippen LogP contribution >= 0.6 is 39.3 Å². The van der Waals surface area contributed by atoms with Crippen molar-refractivity contribution in [3.8, 4) is 11.3 Å². The van der Waals surface area contributed by atoms with E-state index >= 15 is 0 Å². The van der Waals surface area contributed by atoms with Crippen molar-refractivity contribution in [1.29, 1.82) is 0 Å². The predicted molar refractivity (Wildman–Crippen MR) is 123 cm³/mol. The van der Waals surface area contributed by atoms with Gasteiger partial charge in [-0.05, 0) is 57.2 Å². The monoisotopic (exact) mass is 483 g/mol. The lowest BCUT2D eigenvalue weighted by Gasteiger charge is -2.13. The van der Waals surface area contributed by atoms with E-state index < -0.39 is 5.97 Å². The van der Waals surface area contributed by atoms with Gasteiger partial charge in [-0.2, -0.15) is 0 Å². The van der Waals surface area contributed by atoms with Crippen LogP contribution in [0.2, 0.25) is 5.02 Å². The average Bonchev–Trinajstić information content (AvgIpc) is 2.71. The maximum atomic E-state index is 11.9. The Balaban J connectivity index is 1.81. The first-order valence-electron chi connectivity index (χ1n) is 8.81. The largest absolute Gasteiger partial charge is 0.478 e. The van der Waals surface area contributed by atoms with Crippen LogP contribution in [0.5, 0.6) is 0 Å². The van der Waals surface area contributed by atoms with Gasteiger partial charge in [-0.1, -0.05) is 48.0 Å². The Labute approximate surface area is 185 Å². The Hall–Kier alpha value is -2.34. The van der Waals surface area contributed by atoms with Gasteiger partial charge in [0.25, 0.3) is 0 Å². The van der Waals surface area contributed by atoms with E-state index in [1.807, 2.05) is 66.7 Å². The van der Waals surface area contributed by atoms with E-state index in [-0.39, 0.29) is 5.56 Å². The number of carbonyl (C=O) groups is 1. The second-order valence-corrected chi connectivity index (χ2v) is 8.74. The van der Waals surface area contributed by atoms with Crippen LogP contribution in [0.4, 0.5) is 0 Å². The molecule has 0 bridgehead atoms. The first-order valence-corrected chi connectivity index (χ1v) is 11.0. The van der Waals surface area contributed by atoms with Gasteiger partial charge in [0, 0.05) is 37.3 Å². The van der Waals surface area contributed by atoms with Gasteiger partial charge in [-0.25, -0.2) is 4.79 Å². The zero-order valence-electron chi connectivity index (χ0n) is 15.1. The molecule has 1 heterocycles. The van der Waals surface area contributed by atoms with Crippen molar-refractivity contribution in [3.05, 3.63) is 93.5 Å². The van der Waals surface area contributed by atoms with E-state index in [1.54, 1.807) is 6.20 Å². The zero-order chi connectivity index (χ0) is 20.4. The molecule has 0 radical (unpaired) electrons. The standard InChI is InChI=1S/C23H15BrClNO2S/c24-19-11-16(22-18-7-6-17(25)10-15(18)8-9-26-22)12-20(21(19)23(27)28)29-13-14-4-2-1-3-5-14/h1-12H,13H2,(H,27,28). The summed E-state index contributed by atoms with van der Waals surface area (Å²) in [6, 6.07) is 21.3. The molecule has 0 atom stereocenters. The second kappa shape index (κ2) is 8.57. The van der Waals surface area contributed by atoms with Gasteiger partial charge in [0.2, 0.25) is 0 Å². The molecule has 6 heteroatoms. The fourth-order valence-electron chi connectivity index (χ4n) is 3.15. The highest BCUT2D eigenvalue weighted by Gasteiger charge is 2.18. The molecule has 4 aromatic rings. The van der Waals surface area contributed by atoms with Crippen molar-refractivity contribution in [2.75, 3.05) is 0 Å². The number of rotatable bonds is 5. The molecule has 0 aliphatic rings. The molecule has 0 aliphatic heterocycles. The number of fused-ring (bicyclic) bond motifs is 1. The SMILES string of the molecule is O=C(O)c1c(Br)cc(-c2nccc3cc(Cl)ccc23)cc1SCc1ccccc1. The Kier molecular flexibility index (Phi) is 5.90. The van der Waals surface area contributed by atoms with Crippen molar-refractivity contribution in [2.45, 2.75) is 10.6 Å². The molecule has 0 aliphatic carbocycles. The van der Waals surface area contributed by atoms with Crippen molar-refractivity contribution in [3.63, 3.8) is 0 Å². The maximum Gasteiger partial charge on any atom is 0.337 e. The molecular formula is C23H15BrClNO2S. The third-order valence-electron chi connectivity index (χ3n) is 4.50. The van der Waals surface area contributed by atoms with Gasteiger partial charge in [0.15, 0.2) is 0 Å². The third-order valence-corrected chi connectivity index (χ3v) is 6.48. The van der Waals surface area contributed by atoms with Gasteiger partial charge in [-0.3, -0.25) is 4.98 Å². The molecule has 3 aromatic carbocycles. The summed E-state index contributed by atoms with van der Waals surface area (Å²) in [5, 5.41) is 12.3. The molecule has 3 nitrogen and oxygen atoms in total. The van der Waals surface area contributed by atoms with Crippen LogP contribution in [-0.2, 0) is 5.75 Å². The molecule has 1 aromatic heterocycles. The van der Waals surface area contributed by atoms with E-state index in [0.29, 0.717) is 20.1 Å². The van der Waals surface area contributed by atoms with Crippen molar-refractivity contribution < 1.29 is 9.90 Å². The fourth-order valence-corrected chi connectivity index (χ4v) is 5.16. The quantitative estimate of drug-likeness (QED) is 0.302. The van der Waals surface area contributed by atoms with Crippen LogP contribution in [0, 0.1) is 0 Å². The van der Waals surface area contributed by atoms with Crippen molar-refractivity contribution in [1.82, 2.24) is 4.98 Å². The van der Waals surface area contributed by atoms with Gasteiger partial charge in [-0.15, -0.1) is 11.8 Å². The summed E-state index contributed by atoms with van der Waals surface area (Å²) < 4.78 is 0.533. The molecule has 0 spiro atoms. The van der Waals surface area contributed by atoms with E-state index in [1.165, 1.54) is 11.8 Å². The lowest BCUT2D eigenvalue weighted by Crippen LogP contribution is -2.02. The van der Waals surface area contributed by atoms with E-state index in [2.05, 4.69) is 20.9 Å². The Morgan fingerprint density at radius 1 is 1.07 bits per heavy atom. The molecule has 1 N–H and O–H groups in total. The van der Waals surface area contributed by atoms with E-state index in [4.69, 9.17) is 11.6 Å². The Bertz CT molecular complexity index is 1210. The summed E-state index contributed by atoms with van der Waals surface area (Å²) in [6.07, 6.45) is 1.74. The summed E-state index contributed by atoms with van der Waals surface area (Å²) >= 11 is 11.1. The number of benzene rings is 3. The number of aromatic nitrogens is 1. The topological polar surface area (TPSA) is 50.2 Å². The maximum absolute atomic E-state index is 11.9. The smallest absolute Gasteiger partial charge is 0.337 e. The van der Waals surface area contributed by atoms with Crippen LogP contribution in [-0.4, -0.2) is 16.1 Å². The number of pyridine rings is 1. The molecule has 0 fully saturated rings. The molecule has 0 unspecified atom stereocenters. The molecule has 29 heavy (non-hydrogen) atoms. The summed E-state index contributed by atoms with van der Waals surface area (Å²) in [6.45, 7) is 0. The average molecular weight is 485 g/mol. The minimum Gasteiger partial charge on any atom is -0.478 e. The van der Waals surface area contributed by atoms with Crippen molar-refractivity contribution >= 4 is 56.0 Å². The number of halogens is 2. The van der Waals surface area contributed by atoms with Crippen LogP contribution < -0.4 is 0 Å². The summed E-state index contributed by atoms with van der Waals surface area (Å²) in [4.78, 5) is 17.1.